The zero-order chi connectivity index (χ0) is 21.8. The number of hydrogen-bond acceptors (Lipinski definition) is 6. The van der Waals surface area contributed by atoms with Crippen LogP contribution >= 0.6 is 11.3 Å². The van der Waals surface area contributed by atoms with Gasteiger partial charge in [-0.3, -0.25) is 9.59 Å². The van der Waals surface area contributed by atoms with Crippen LogP contribution in [0.15, 0.2) is 24.4 Å². The van der Waals surface area contributed by atoms with Crippen molar-refractivity contribution in [2.75, 3.05) is 18.4 Å². The molecule has 1 aliphatic carbocycles. The summed E-state index contributed by atoms with van der Waals surface area (Å²) < 4.78 is 0. The molecule has 0 bridgehead atoms. The van der Waals surface area contributed by atoms with Crippen LogP contribution < -0.4 is 10.6 Å². The maximum absolute atomic E-state index is 13.4. The van der Waals surface area contributed by atoms with E-state index in [0.717, 1.165) is 66.5 Å². The van der Waals surface area contributed by atoms with E-state index in [2.05, 4.69) is 21.7 Å². The van der Waals surface area contributed by atoms with Crippen molar-refractivity contribution in [1.29, 1.82) is 0 Å². The number of aryl methyl sites for hydroxylation is 1. The third kappa shape index (κ3) is 5.06. The predicted molar refractivity (Wildman–Crippen MR) is 123 cm³/mol. The normalized spacial score (nSPS) is 19.1. The average Bonchev–Trinajstić information content (AvgIpc) is 3.18. The lowest BCUT2D eigenvalue weighted by atomic mass is 9.79. The second kappa shape index (κ2) is 9.34. The van der Waals surface area contributed by atoms with Gasteiger partial charge in [-0.2, -0.15) is 0 Å². The smallest absolute Gasteiger partial charge is 0.248 e. The van der Waals surface area contributed by atoms with Crippen LogP contribution in [0, 0.1) is 6.92 Å². The number of anilines is 2. The first-order valence-corrected chi connectivity index (χ1v) is 12.0. The topological polar surface area (TPSA) is 87.2 Å². The molecule has 2 amide bonds. The van der Waals surface area contributed by atoms with Crippen LogP contribution in [-0.2, 0) is 9.59 Å². The lowest BCUT2D eigenvalue weighted by molar-refractivity contribution is -0.144. The molecule has 0 atom stereocenters. The summed E-state index contributed by atoms with van der Waals surface area (Å²) in [5.74, 6) is 1.11. The summed E-state index contributed by atoms with van der Waals surface area (Å²) in [7, 11) is 0. The molecule has 0 spiro atoms. The number of carbonyl (C=O) groups excluding carboxylic acids is 2. The third-order valence-corrected chi connectivity index (χ3v) is 7.19. The van der Waals surface area contributed by atoms with Gasteiger partial charge in [-0.1, -0.05) is 25.3 Å². The van der Waals surface area contributed by atoms with Crippen LogP contribution in [0.4, 0.5) is 10.9 Å². The van der Waals surface area contributed by atoms with E-state index in [1.165, 1.54) is 6.92 Å². The molecular formula is C23H31N5O2S. The summed E-state index contributed by atoms with van der Waals surface area (Å²) in [4.78, 5) is 37.5. The van der Waals surface area contributed by atoms with Crippen LogP contribution in [0.1, 0.15) is 68.4 Å². The monoisotopic (exact) mass is 441 g/mol. The van der Waals surface area contributed by atoms with Crippen molar-refractivity contribution >= 4 is 34.1 Å². The number of nitrogens with zero attached hydrogens (tertiary/aromatic N) is 3. The SMILES string of the molecule is CC(=O)NC1(C(=O)N2CCC(c3cccc(Nc4ncc(C)s4)n3)CC2)CCCCC1. The largest absolute Gasteiger partial charge is 0.342 e. The first kappa shape index (κ1) is 21.7. The van der Waals surface area contributed by atoms with Gasteiger partial charge in [0, 0.05) is 42.7 Å². The Bertz CT molecular complexity index is 930. The summed E-state index contributed by atoms with van der Waals surface area (Å²) in [5, 5.41) is 7.15. The highest BCUT2D eigenvalue weighted by atomic mass is 32.1. The maximum atomic E-state index is 13.4. The molecule has 2 aromatic heterocycles. The average molecular weight is 442 g/mol. The first-order valence-electron chi connectivity index (χ1n) is 11.2. The molecule has 2 fully saturated rings. The van der Waals surface area contributed by atoms with Crippen LogP contribution in [0.2, 0.25) is 0 Å². The van der Waals surface area contributed by atoms with Crippen LogP contribution in [0.25, 0.3) is 0 Å². The summed E-state index contributed by atoms with van der Waals surface area (Å²) in [6, 6.07) is 6.05. The Hall–Kier alpha value is -2.48. The van der Waals surface area contributed by atoms with Gasteiger partial charge in [0.1, 0.15) is 11.4 Å². The molecule has 0 radical (unpaired) electrons. The number of aromatic nitrogens is 2. The summed E-state index contributed by atoms with van der Waals surface area (Å²) >= 11 is 1.61. The van der Waals surface area contributed by atoms with E-state index in [1.54, 1.807) is 11.3 Å². The number of amides is 2. The molecular weight excluding hydrogens is 410 g/mol. The van der Waals surface area contributed by atoms with Gasteiger partial charge in [0.15, 0.2) is 5.13 Å². The van der Waals surface area contributed by atoms with Crippen molar-refractivity contribution in [2.45, 2.75) is 70.3 Å². The minimum Gasteiger partial charge on any atom is -0.342 e. The molecule has 0 unspecified atom stereocenters. The molecule has 2 aromatic rings. The molecule has 2 N–H and O–H groups in total. The molecule has 31 heavy (non-hydrogen) atoms. The zero-order valence-corrected chi connectivity index (χ0v) is 19.1. The minimum atomic E-state index is -0.704. The number of pyridine rings is 1. The number of nitrogens with one attached hydrogen (secondary N) is 2. The number of thiazole rings is 1. The Morgan fingerprint density at radius 2 is 1.90 bits per heavy atom. The van der Waals surface area contributed by atoms with E-state index >= 15 is 0 Å². The minimum absolute atomic E-state index is 0.100. The highest BCUT2D eigenvalue weighted by Crippen LogP contribution is 2.34. The predicted octanol–water partition coefficient (Wildman–Crippen LogP) is 4.14. The summed E-state index contributed by atoms with van der Waals surface area (Å²) in [6.07, 6.45) is 8.23. The van der Waals surface area contributed by atoms with Crippen LogP contribution in [-0.4, -0.2) is 45.3 Å². The Morgan fingerprint density at radius 1 is 1.16 bits per heavy atom. The number of rotatable bonds is 5. The van der Waals surface area contributed by atoms with E-state index in [0.29, 0.717) is 19.0 Å². The number of likely N-dealkylation sites (tertiary alicyclic amines) is 1. The van der Waals surface area contributed by atoms with Crippen molar-refractivity contribution < 1.29 is 9.59 Å². The fourth-order valence-electron chi connectivity index (χ4n) is 4.84. The van der Waals surface area contributed by atoms with Gasteiger partial charge in [-0.25, -0.2) is 9.97 Å². The lowest BCUT2D eigenvalue weighted by Gasteiger charge is -2.42. The van der Waals surface area contributed by atoms with Gasteiger partial charge in [0.25, 0.3) is 0 Å². The number of piperidine rings is 1. The molecule has 166 valence electrons. The maximum Gasteiger partial charge on any atom is 0.248 e. The molecule has 7 nitrogen and oxygen atoms in total. The van der Waals surface area contributed by atoms with E-state index in [4.69, 9.17) is 4.98 Å². The molecule has 8 heteroatoms. The Morgan fingerprint density at radius 3 is 2.55 bits per heavy atom. The van der Waals surface area contributed by atoms with Crippen molar-refractivity contribution in [1.82, 2.24) is 20.2 Å². The Balaban J connectivity index is 1.39. The van der Waals surface area contributed by atoms with Crippen LogP contribution in [0.3, 0.4) is 0 Å². The van der Waals surface area contributed by atoms with E-state index in [9.17, 15) is 9.59 Å². The molecule has 1 aliphatic heterocycles. The second-order valence-electron chi connectivity index (χ2n) is 8.74. The number of carbonyl (C=O) groups is 2. The highest BCUT2D eigenvalue weighted by Gasteiger charge is 2.43. The fourth-order valence-corrected chi connectivity index (χ4v) is 5.51. The van der Waals surface area contributed by atoms with Crippen molar-refractivity contribution in [3.63, 3.8) is 0 Å². The zero-order valence-electron chi connectivity index (χ0n) is 18.3. The molecule has 1 saturated carbocycles. The van der Waals surface area contributed by atoms with E-state index in [1.807, 2.05) is 30.2 Å². The third-order valence-electron chi connectivity index (χ3n) is 6.36. The molecule has 2 aliphatic rings. The standard InChI is InChI=1S/C23H31N5O2S/c1-16-15-24-22(31-16)26-20-8-6-7-19(25-20)18-9-13-28(14-10-18)21(30)23(27-17(2)29)11-4-3-5-12-23/h6-8,15,18H,3-5,9-14H2,1-2H3,(H,27,29)(H,24,25,26). The van der Waals surface area contributed by atoms with Gasteiger partial charge in [0.05, 0.1) is 0 Å². The van der Waals surface area contributed by atoms with Gasteiger partial charge in [0.2, 0.25) is 11.8 Å². The van der Waals surface area contributed by atoms with Crippen molar-refractivity contribution in [2.24, 2.45) is 0 Å². The second-order valence-corrected chi connectivity index (χ2v) is 9.97. The van der Waals surface area contributed by atoms with Crippen molar-refractivity contribution in [3.8, 4) is 0 Å². The van der Waals surface area contributed by atoms with Gasteiger partial charge < -0.3 is 15.5 Å². The van der Waals surface area contributed by atoms with Crippen molar-refractivity contribution in [3.05, 3.63) is 35.0 Å². The molecule has 3 heterocycles. The highest BCUT2D eigenvalue weighted by molar-refractivity contribution is 7.15. The quantitative estimate of drug-likeness (QED) is 0.728. The first-order chi connectivity index (χ1) is 14.9. The van der Waals surface area contributed by atoms with Crippen LogP contribution in [0.5, 0.6) is 0 Å². The van der Waals surface area contributed by atoms with Gasteiger partial charge in [-0.05, 0) is 44.7 Å². The van der Waals surface area contributed by atoms with E-state index in [-0.39, 0.29) is 11.8 Å². The van der Waals surface area contributed by atoms with Gasteiger partial charge in [-0.15, -0.1) is 11.3 Å². The van der Waals surface area contributed by atoms with E-state index < -0.39 is 5.54 Å². The Labute approximate surface area is 187 Å². The molecule has 0 aromatic carbocycles. The number of hydrogen-bond donors (Lipinski definition) is 2. The van der Waals surface area contributed by atoms with Gasteiger partial charge >= 0.3 is 0 Å². The fraction of sp³-hybridized carbons (Fsp3) is 0.565. The molecule has 4 rings (SSSR count). The summed E-state index contributed by atoms with van der Waals surface area (Å²) in [5.41, 5.74) is 0.352. The lowest BCUT2D eigenvalue weighted by Crippen LogP contribution is -2.61. The molecule has 1 saturated heterocycles. The Kier molecular flexibility index (Phi) is 6.55. The summed E-state index contributed by atoms with van der Waals surface area (Å²) in [6.45, 7) is 4.95.